The van der Waals surface area contributed by atoms with Gasteiger partial charge < -0.3 is 19.7 Å². The zero-order chi connectivity index (χ0) is 20.5. The normalized spacial score (nSPS) is 11.1. The fourth-order valence-corrected chi connectivity index (χ4v) is 2.56. The van der Waals surface area contributed by atoms with Crippen LogP contribution in [-0.2, 0) is 0 Å². The molecule has 0 spiro atoms. The molecule has 1 amide bonds. The minimum absolute atomic E-state index is 0.0460. The number of aliphatic hydroxyl groups is 1. The monoisotopic (exact) mass is 404 g/mol. The number of methoxy groups -OCH3 is 2. The number of benzene rings is 2. The van der Waals surface area contributed by atoms with E-state index >= 15 is 0 Å². The zero-order valence-corrected chi connectivity index (χ0v) is 16.2. The number of ether oxygens (including phenoxy) is 2. The van der Waals surface area contributed by atoms with Gasteiger partial charge in [0.05, 0.1) is 25.5 Å². The molecule has 148 valence electrons. The van der Waals surface area contributed by atoms with E-state index in [1.807, 2.05) is 18.2 Å². The van der Waals surface area contributed by atoms with Crippen LogP contribution in [0.4, 0.5) is 0 Å². The highest BCUT2D eigenvalue weighted by atomic mass is 35.5. The van der Waals surface area contributed by atoms with Crippen LogP contribution >= 0.6 is 11.6 Å². The summed E-state index contributed by atoms with van der Waals surface area (Å²) < 4.78 is 10.7. The quantitative estimate of drug-likeness (QED) is 0.463. The smallest absolute Gasteiger partial charge is 0.271 e. The highest BCUT2D eigenvalue weighted by Gasteiger charge is 2.11. The molecule has 0 aliphatic carbocycles. The minimum atomic E-state index is -0.471. The van der Waals surface area contributed by atoms with E-state index in [0.717, 1.165) is 5.56 Å². The third-order valence-electron chi connectivity index (χ3n) is 3.71. The van der Waals surface area contributed by atoms with E-state index in [2.05, 4.69) is 10.5 Å². The van der Waals surface area contributed by atoms with Crippen molar-refractivity contribution >= 4 is 29.8 Å². The first-order chi connectivity index (χ1) is 13.5. The number of hydrogen-bond donors (Lipinski definition) is 3. The van der Waals surface area contributed by atoms with E-state index in [-0.39, 0.29) is 22.9 Å². The number of aromatic hydroxyl groups is 1. The van der Waals surface area contributed by atoms with E-state index in [1.54, 1.807) is 6.07 Å². The number of hydrazone groups is 1. The summed E-state index contributed by atoms with van der Waals surface area (Å²) in [6.45, 7) is 0.0460. The standard InChI is InChI=1S/C20H21ClN2O5/c1-27-18-10-13(9-14(19(18)28-2)5-3-4-8-24)12-22-23-20(26)15-6-7-17(25)16(21)11-15/h3,5-7,9-12,24-25H,4,8H2,1-2H3,(H,23,26)/b5-3+,22-12+. The van der Waals surface area contributed by atoms with Crippen molar-refractivity contribution in [3.05, 3.63) is 58.1 Å². The van der Waals surface area contributed by atoms with E-state index in [9.17, 15) is 9.90 Å². The van der Waals surface area contributed by atoms with Crippen LogP contribution in [0.2, 0.25) is 5.02 Å². The van der Waals surface area contributed by atoms with Gasteiger partial charge in [0, 0.05) is 17.7 Å². The number of nitrogens with one attached hydrogen (secondary N) is 1. The van der Waals surface area contributed by atoms with Gasteiger partial charge in [-0.25, -0.2) is 5.43 Å². The van der Waals surface area contributed by atoms with Gasteiger partial charge in [-0.05, 0) is 42.3 Å². The Balaban J connectivity index is 2.20. The Labute approximate surface area is 167 Å². The van der Waals surface area contributed by atoms with Crippen molar-refractivity contribution in [1.29, 1.82) is 0 Å². The lowest BCUT2D eigenvalue weighted by Gasteiger charge is -2.12. The number of phenols is 1. The van der Waals surface area contributed by atoms with Gasteiger partial charge in [0.25, 0.3) is 5.91 Å². The molecule has 0 saturated carbocycles. The van der Waals surface area contributed by atoms with E-state index in [1.165, 1.54) is 38.6 Å². The maximum absolute atomic E-state index is 12.1. The lowest BCUT2D eigenvalue weighted by Crippen LogP contribution is -2.17. The van der Waals surface area contributed by atoms with Gasteiger partial charge in [-0.3, -0.25) is 4.79 Å². The average Bonchev–Trinajstić information content (AvgIpc) is 2.69. The molecular formula is C20H21ClN2O5. The molecule has 0 atom stereocenters. The third kappa shape index (κ3) is 5.48. The molecular weight excluding hydrogens is 384 g/mol. The van der Waals surface area contributed by atoms with Crippen LogP contribution in [-0.4, -0.2) is 43.2 Å². The first kappa shape index (κ1) is 21.3. The molecule has 28 heavy (non-hydrogen) atoms. The Kier molecular flexibility index (Phi) is 7.86. The molecule has 2 aromatic rings. The van der Waals surface area contributed by atoms with Gasteiger partial charge in [-0.2, -0.15) is 5.10 Å². The Morgan fingerprint density at radius 2 is 2.04 bits per heavy atom. The van der Waals surface area contributed by atoms with Gasteiger partial charge in [0.2, 0.25) is 0 Å². The van der Waals surface area contributed by atoms with Crippen molar-refractivity contribution in [2.45, 2.75) is 6.42 Å². The maximum atomic E-state index is 12.1. The molecule has 0 fully saturated rings. The molecule has 2 rings (SSSR count). The van der Waals surface area contributed by atoms with Gasteiger partial charge in [0.15, 0.2) is 11.5 Å². The number of amides is 1. The molecule has 3 N–H and O–H groups in total. The summed E-state index contributed by atoms with van der Waals surface area (Å²) in [4.78, 5) is 12.1. The Bertz CT molecular complexity index is 896. The van der Waals surface area contributed by atoms with Crippen LogP contribution in [0, 0.1) is 0 Å². The molecule has 0 radical (unpaired) electrons. The lowest BCUT2D eigenvalue weighted by molar-refractivity contribution is 0.0955. The summed E-state index contributed by atoms with van der Waals surface area (Å²) in [7, 11) is 3.06. The number of hydrogen-bond acceptors (Lipinski definition) is 6. The lowest BCUT2D eigenvalue weighted by atomic mass is 10.1. The summed E-state index contributed by atoms with van der Waals surface area (Å²) in [5.41, 5.74) is 4.08. The van der Waals surface area contributed by atoms with Crippen molar-refractivity contribution in [3.8, 4) is 17.2 Å². The molecule has 0 aromatic heterocycles. The van der Waals surface area contributed by atoms with Crippen LogP contribution in [0.5, 0.6) is 17.2 Å². The minimum Gasteiger partial charge on any atom is -0.506 e. The molecule has 0 unspecified atom stereocenters. The number of aliphatic hydroxyl groups excluding tert-OH is 1. The first-order valence-electron chi connectivity index (χ1n) is 8.35. The molecule has 7 nitrogen and oxygen atoms in total. The van der Waals surface area contributed by atoms with Gasteiger partial charge in [-0.1, -0.05) is 23.8 Å². The Morgan fingerprint density at radius 1 is 1.25 bits per heavy atom. The molecule has 8 heteroatoms. The molecule has 0 aliphatic rings. The summed E-state index contributed by atoms with van der Waals surface area (Å²) in [5.74, 6) is 0.485. The maximum Gasteiger partial charge on any atom is 0.271 e. The van der Waals surface area contributed by atoms with Gasteiger partial charge >= 0.3 is 0 Å². The number of phenolic OH excluding ortho intramolecular Hbond substituents is 1. The predicted octanol–water partition coefficient (Wildman–Crippen LogP) is 3.22. The fourth-order valence-electron chi connectivity index (χ4n) is 2.38. The second-order valence-electron chi connectivity index (χ2n) is 5.63. The second-order valence-corrected chi connectivity index (χ2v) is 6.03. The largest absolute Gasteiger partial charge is 0.506 e. The molecule has 0 saturated heterocycles. The second kappa shape index (κ2) is 10.3. The van der Waals surface area contributed by atoms with Crippen LogP contribution in [0.25, 0.3) is 6.08 Å². The van der Waals surface area contributed by atoms with Crippen molar-refractivity contribution in [2.75, 3.05) is 20.8 Å². The first-order valence-corrected chi connectivity index (χ1v) is 8.73. The van der Waals surface area contributed by atoms with Crippen LogP contribution in [0.15, 0.2) is 41.5 Å². The summed E-state index contributed by atoms with van der Waals surface area (Å²) in [5, 5.41) is 22.4. The van der Waals surface area contributed by atoms with Crippen molar-refractivity contribution in [1.82, 2.24) is 5.43 Å². The predicted molar refractivity (Wildman–Crippen MR) is 108 cm³/mol. The van der Waals surface area contributed by atoms with Crippen LogP contribution < -0.4 is 14.9 Å². The van der Waals surface area contributed by atoms with E-state index in [4.69, 9.17) is 26.2 Å². The average molecular weight is 405 g/mol. The van der Waals surface area contributed by atoms with Crippen LogP contribution in [0.3, 0.4) is 0 Å². The van der Waals surface area contributed by atoms with Crippen LogP contribution in [0.1, 0.15) is 27.9 Å². The van der Waals surface area contributed by atoms with Crippen molar-refractivity contribution < 1.29 is 24.5 Å². The van der Waals surface area contributed by atoms with E-state index in [0.29, 0.717) is 23.5 Å². The number of carbonyl (C=O) groups is 1. The Morgan fingerprint density at radius 3 is 2.68 bits per heavy atom. The summed E-state index contributed by atoms with van der Waals surface area (Å²) in [6.07, 6.45) is 5.60. The summed E-state index contributed by atoms with van der Waals surface area (Å²) in [6, 6.07) is 7.65. The number of halogens is 1. The highest BCUT2D eigenvalue weighted by Crippen LogP contribution is 2.33. The number of nitrogens with zero attached hydrogens (tertiary/aromatic N) is 1. The fraction of sp³-hybridized carbons (Fsp3) is 0.200. The third-order valence-corrected chi connectivity index (χ3v) is 4.02. The SMILES string of the molecule is COc1cc(/C=N/NC(=O)c2ccc(O)c(Cl)c2)cc(/C=C/CCO)c1OC. The summed E-state index contributed by atoms with van der Waals surface area (Å²) >= 11 is 5.80. The van der Waals surface area contributed by atoms with Gasteiger partial charge in [0.1, 0.15) is 5.75 Å². The topological polar surface area (TPSA) is 100 Å². The molecule has 0 bridgehead atoms. The number of carbonyl (C=O) groups excluding carboxylic acids is 1. The molecule has 0 aliphatic heterocycles. The molecule has 2 aromatic carbocycles. The number of rotatable bonds is 8. The zero-order valence-electron chi connectivity index (χ0n) is 15.5. The highest BCUT2D eigenvalue weighted by molar-refractivity contribution is 6.32. The van der Waals surface area contributed by atoms with Crippen molar-refractivity contribution in [2.24, 2.45) is 5.10 Å². The van der Waals surface area contributed by atoms with E-state index < -0.39 is 5.91 Å². The molecule has 0 heterocycles. The van der Waals surface area contributed by atoms with Crippen molar-refractivity contribution in [3.63, 3.8) is 0 Å². The Hall–Kier alpha value is -3.03. The van der Waals surface area contributed by atoms with Gasteiger partial charge in [-0.15, -0.1) is 0 Å².